The Labute approximate surface area is 83.9 Å². The van der Waals surface area contributed by atoms with E-state index in [0.29, 0.717) is 0 Å². The molecule has 1 fully saturated rings. The van der Waals surface area contributed by atoms with Crippen molar-refractivity contribution in [3.8, 4) is 0 Å². The van der Waals surface area contributed by atoms with Crippen molar-refractivity contribution in [2.75, 3.05) is 31.1 Å². The van der Waals surface area contributed by atoms with Crippen molar-refractivity contribution >= 4 is 5.69 Å². The third-order valence-electron chi connectivity index (χ3n) is 2.56. The Kier molecular flexibility index (Phi) is 2.68. The van der Waals surface area contributed by atoms with Gasteiger partial charge in [-0.2, -0.15) is 0 Å². The average molecular weight is 193 g/mol. The quantitative estimate of drug-likeness (QED) is 0.627. The molecule has 0 aliphatic carbocycles. The molecule has 0 bridgehead atoms. The van der Waals surface area contributed by atoms with Gasteiger partial charge in [-0.1, -0.05) is 0 Å². The van der Waals surface area contributed by atoms with E-state index in [2.05, 4.69) is 16.8 Å². The van der Waals surface area contributed by atoms with Crippen LogP contribution in [-0.4, -0.2) is 31.1 Å². The lowest BCUT2D eigenvalue weighted by atomic mass is 10.2. The Hall–Kier alpha value is -1.09. The Morgan fingerprint density at radius 1 is 1.00 bits per heavy atom. The molecule has 0 N–H and O–H groups in total. The number of nitrogens with zero attached hydrogens (tertiary/aromatic N) is 2. The van der Waals surface area contributed by atoms with E-state index < -0.39 is 0 Å². The smallest absolute Gasteiger partial charge is 0.123 e. The van der Waals surface area contributed by atoms with E-state index in [1.54, 1.807) is 0 Å². The number of hydrogen-bond acceptors (Lipinski definition) is 2. The van der Waals surface area contributed by atoms with Crippen LogP contribution < -0.4 is 4.90 Å². The molecule has 2 nitrogen and oxygen atoms in total. The van der Waals surface area contributed by atoms with E-state index in [-0.39, 0.29) is 5.82 Å². The van der Waals surface area contributed by atoms with Gasteiger partial charge in [-0.3, -0.25) is 7.05 Å². The second-order valence-corrected chi connectivity index (χ2v) is 3.58. The molecule has 1 aliphatic heterocycles. The second kappa shape index (κ2) is 3.96. The fraction of sp³-hybridized carbons (Fsp3) is 0.364. The van der Waals surface area contributed by atoms with E-state index in [1.165, 1.54) is 12.1 Å². The Morgan fingerprint density at radius 3 is 2.14 bits per heavy atom. The molecule has 0 aromatic heterocycles. The van der Waals surface area contributed by atoms with Gasteiger partial charge in [-0.05, 0) is 37.4 Å². The minimum atomic E-state index is -0.176. The van der Waals surface area contributed by atoms with Crippen LogP contribution in [0.25, 0.3) is 0 Å². The fourth-order valence-electron chi connectivity index (χ4n) is 1.66. The van der Waals surface area contributed by atoms with Crippen molar-refractivity contribution in [1.29, 1.82) is 0 Å². The highest BCUT2D eigenvalue weighted by atomic mass is 19.1. The summed E-state index contributed by atoms with van der Waals surface area (Å²) in [5, 5.41) is 0. The summed E-state index contributed by atoms with van der Waals surface area (Å²) in [6.45, 7) is 3.87. The molecule has 14 heavy (non-hydrogen) atoms. The summed E-state index contributed by atoms with van der Waals surface area (Å²) in [6.07, 6.45) is 0. The minimum absolute atomic E-state index is 0.176. The van der Waals surface area contributed by atoms with Gasteiger partial charge in [0.15, 0.2) is 0 Å². The predicted molar refractivity (Wildman–Crippen MR) is 55.5 cm³/mol. The molecule has 1 aliphatic rings. The van der Waals surface area contributed by atoms with E-state index in [0.717, 1.165) is 31.9 Å². The predicted octanol–water partition coefficient (Wildman–Crippen LogP) is 1.74. The molecule has 3 heteroatoms. The Bertz CT molecular complexity index is 289. The summed E-state index contributed by atoms with van der Waals surface area (Å²) in [4.78, 5) is 4.31. The molecule has 76 valence electrons. The first kappa shape index (κ1) is 9.46. The molecule has 0 amide bonds. The van der Waals surface area contributed by atoms with Crippen LogP contribution in [0.15, 0.2) is 24.3 Å². The molecule has 1 saturated heterocycles. The molecular formula is C11H14FN2-. The minimum Gasteiger partial charge on any atom is -0.456 e. The van der Waals surface area contributed by atoms with E-state index in [4.69, 9.17) is 0 Å². The zero-order valence-corrected chi connectivity index (χ0v) is 8.12. The van der Waals surface area contributed by atoms with Crippen molar-refractivity contribution < 1.29 is 4.39 Å². The summed E-state index contributed by atoms with van der Waals surface area (Å²) in [6, 6.07) is 6.67. The maximum atomic E-state index is 12.7. The van der Waals surface area contributed by atoms with Crippen LogP contribution in [0.2, 0.25) is 0 Å². The van der Waals surface area contributed by atoms with Crippen molar-refractivity contribution in [3.05, 3.63) is 37.1 Å². The molecule has 2 rings (SSSR count). The third-order valence-corrected chi connectivity index (χ3v) is 2.56. The lowest BCUT2D eigenvalue weighted by molar-refractivity contribution is 0.344. The van der Waals surface area contributed by atoms with Crippen molar-refractivity contribution in [1.82, 2.24) is 4.90 Å². The summed E-state index contributed by atoms with van der Waals surface area (Å²) >= 11 is 0. The van der Waals surface area contributed by atoms with Crippen LogP contribution in [0.3, 0.4) is 0 Å². The topological polar surface area (TPSA) is 6.48 Å². The van der Waals surface area contributed by atoms with Gasteiger partial charge in [0.05, 0.1) is 0 Å². The molecule has 0 spiro atoms. The summed E-state index contributed by atoms with van der Waals surface area (Å²) in [5.41, 5.74) is 1.10. The van der Waals surface area contributed by atoms with Crippen LogP contribution in [0.5, 0.6) is 0 Å². The number of halogens is 1. The lowest BCUT2D eigenvalue weighted by Gasteiger charge is -2.38. The van der Waals surface area contributed by atoms with E-state index in [9.17, 15) is 4.39 Å². The Balaban J connectivity index is 2.05. The molecule has 1 aromatic rings. The normalized spacial score (nSPS) is 18.6. The number of hydrogen-bond donors (Lipinski definition) is 0. The standard InChI is InChI=1S/C11H14FN2/c1-13-6-8-14(9-7-13)11-4-2-10(12)3-5-11/h2-5H,1,6-9H2/q-1. The van der Waals surface area contributed by atoms with Gasteiger partial charge < -0.3 is 9.80 Å². The third kappa shape index (κ3) is 2.04. The molecule has 1 heterocycles. The van der Waals surface area contributed by atoms with Gasteiger partial charge in [-0.15, -0.1) is 0 Å². The maximum Gasteiger partial charge on any atom is 0.123 e. The van der Waals surface area contributed by atoms with Gasteiger partial charge in [0.25, 0.3) is 0 Å². The SMILES string of the molecule is [CH2-]N1CCN(c2ccc(F)cc2)CC1. The number of rotatable bonds is 1. The molecular weight excluding hydrogens is 179 g/mol. The highest BCUT2D eigenvalue weighted by Gasteiger charge is 2.10. The largest absolute Gasteiger partial charge is 0.456 e. The molecule has 0 radical (unpaired) electrons. The fourth-order valence-corrected chi connectivity index (χ4v) is 1.66. The van der Waals surface area contributed by atoms with Gasteiger partial charge in [0.1, 0.15) is 5.82 Å². The van der Waals surface area contributed by atoms with Gasteiger partial charge in [0, 0.05) is 18.8 Å². The van der Waals surface area contributed by atoms with Crippen LogP contribution in [0, 0.1) is 12.9 Å². The van der Waals surface area contributed by atoms with E-state index >= 15 is 0 Å². The summed E-state index contributed by atoms with van der Waals surface area (Å²) in [7, 11) is 3.89. The van der Waals surface area contributed by atoms with Crippen LogP contribution in [-0.2, 0) is 0 Å². The number of benzene rings is 1. The molecule has 0 saturated carbocycles. The number of anilines is 1. The maximum absolute atomic E-state index is 12.7. The van der Waals surface area contributed by atoms with Crippen molar-refractivity contribution in [2.45, 2.75) is 0 Å². The van der Waals surface area contributed by atoms with Gasteiger partial charge >= 0.3 is 0 Å². The highest BCUT2D eigenvalue weighted by molar-refractivity contribution is 5.46. The second-order valence-electron chi connectivity index (χ2n) is 3.58. The summed E-state index contributed by atoms with van der Waals surface area (Å²) < 4.78 is 12.7. The first-order valence-electron chi connectivity index (χ1n) is 4.82. The summed E-state index contributed by atoms with van der Waals surface area (Å²) in [5.74, 6) is -0.176. The van der Waals surface area contributed by atoms with Crippen molar-refractivity contribution in [3.63, 3.8) is 0 Å². The lowest BCUT2D eigenvalue weighted by Crippen LogP contribution is -2.43. The van der Waals surface area contributed by atoms with Crippen LogP contribution in [0.1, 0.15) is 0 Å². The zero-order chi connectivity index (χ0) is 9.97. The average Bonchev–Trinajstić information content (AvgIpc) is 2.21. The molecule has 0 unspecified atom stereocenters. The Morgan fingerprint density at radius 2 is 1.57 bits per heavy atom. The van der Waals surface area contributed by atoms with Crippen molar-refractivity contribution in [2.24, 2.45) is 0 Å². The first-order valence-corrected chi connectivity index (χ1v) is 4.82. The molecule has 1 aromatic carbocycles. The number of piperazine rings is 1. The van der Waals surface area contributed by atoms with Crippen LogP contribution >= 0.6 is 0 Å². The van der Waals surface area contributed by atoms with Gasteiger partial charge in [-0.25, -0.2) is 4.39 Å². The van der Waals surface area contributed by atoms with Crippen LogP contribution in [0.4, 0.5) is 10.1 Å². The zero-order valence-electron chi connectivity index (χ0n) is 8.12. The van der Waals surface area contributed by atoms with Gasteiger partial charge in [0.2, 0.25) is 0 Å². The van der Waals surface area contributed by atoms with E-state index in [1.807, 2.05) is 12.1 Å². The monoisotopic (exact) mass is 193 g/mol. The highest BCUT2D eigenvalue weighted by Crippen LogP contribution is 2.16. The first-order chi connectivity index (χ1) is 6.75. The molecule has 0 atom stereocenters.